The topological polar surface area (TPSA) is 51.7 Å². The number of hydrogen-bond donors (Lipinski definition) is 0. The van der Waals surface area contributed by atoms with Gasteiger partial charge in [0.15, 0.2) is 0 Å². The van der Waals surface area contributed by atoms with Crippen molar-refractivity contribution in [1.82, 2.24) is 9.88 Å². The highest BCUT2D eigenvalue weighted by atomic mass is 16.5. The number of carbonyl (C=O) groups is 1. The van der Waals surface area contributed by atoms with Crippen LogP contribution in [-0.4, -0.2) is 47.7 Å². The fraction of sp³-hybridized carbons (Fsp3) is 0.444. The second kappa shape index (κ2) is 5.49. The van der Waals surface area contributed by atoms with Gasteiger partial charge < -0.3 is 14.4 Å². The molecule has 2 aromatic rings. The van der Waals surface area contributed by atoms with E-state index in [1.54, 1.807) is 0 Å². The van der Waals surface area contributed by atoms with E-state index in [4.69, 9.17) is 9.47 Å². The van der Waals surface area contributed by atoms with Crippen molar-refractivity contribution in [2.75, 3.05) is 26.4 Å². The van der Waals surface area contributed by atoms with Gasteiger partial charge in [0, 0.05) is 11.9 Å². The molecule has 120 valence electrons. The number of aromatic nitrogens is 1. The Morgan fingerprint density at radius 3 is 2.87 bits per heavy atom. The van der Waals surface area contributed by atoms with Gasteiger partial charge in [-0.1, -0.05) is 25.1 Å². The number of ether oxygens (including phenoxy) is 2. The lowest BCUT2D eigenvalue weighted by Gasteiger charge is -2.57. The summed E-state index contributed by atoms with van der Waals surface area (Å²) in [5.74, 6) is 0.527. The Bertz CT molecular complexity index is 750. The smallest absolute Gasteiger partial charge is 0.273 e. The van der Waals surface area contributed by atoms with Crippen molar-refractivity contribution in [3.8, 4) is 5.88 Å². The van der Waals surface area contributed by atoms with Gasteiger partial charge in [-0.3, -0.25) is 4.79 Å². The largest absolute Gasteiger partial charge is 0.477 e. The van der Waals surface area contributed by atoms with Crippen LogP contribution in [-0.2, 0) is 4.74 Å². The van der Waals surface area contributed by atoms with E-state index in [-0.39, 0.29) is 11.4 Å². The van der Waals surface area contributed by atoms with Gasteiger partial charge in [0.1, 0.15) is 5.69 Å². The van der Waals surface area contributed by atoms with E-state index >= 15 is 0 Å². The van der Waals surface area contributed by atoms with Crippen LogP contribution in [0.15, 0.2) is 30.3 Å². The van der Waals surface area contributed by atoms with Crippen molar-refractivity contribution in [3.63, 3.8) is 0 Å². The van der Waals surface area contributed by atoms with Gasteiger partial charge in [-0.05, 0) is 30.4 Å². The van der Waals surface area contributed by atoms with Crippen LogP contribution < -0.4 is 4.74 Å². The Hall–Kier alpha value is -2.14. The molecule has 2 aliphatic rings. The monoisotopic (exact) mass is 312 g/mol. The first-order valence-corrected chi connectivity index (χ1v) is 8.16. The molecule has 1 aromatic heterocycles. The van der Waals surface area contributed by atoms with Gasteiger partial charge in [0.2, 0.25) is 5.88 Å². The molecule has 5 nitrogen and oxygen atoms in total. The maximum atomic E-state index is 12.9. The zero-order chi connectivity index (χ0) is 15.9. The molecule has 2 fully saturated rings. The third-order valence-electron chi connectivity index (χ3n) is 4.73. The first-order chi connectivity index (χ1) is 11.2. The molecule has 5 heteroatoms. The Balaban J connectivity index is 1.70. The highest BCUT2D eigenvalue weighted by Crippen LogP contribution is 2.38. The fourth-order valence-corrected chi connectivity index (χ4v) is 3.22. The SMILES string of the molecule is CCCOc1nc(C(=O)N2CCC23COC3)cc2ccccc12. The average molecular weight is 312 g/mol. The molecule has 0 N–H and O–H groups in total. The van der Waals surface area contributed by atoms with Crippen molar-refractivity contribution in [2.24, 2.45) is 0 Å². The summed E-state index contributed by atoms with van der Waals surface area (Å²) in [6.45, 7) is 4.71. The number of rotatable bonds is 4. The standard InChI is InChI=1S/C18H20N2O3/c1-2-9-23-16-14-6-4-3-5-13(14)10-15(19-16)17(21)20-8-7-18(20)11-22-12-18/h3-6,10H,2,7-9,11-12H2,1H3. The van der Waals surface area contributed by atoms with Crippen LogP contribution >= 0.6 is 0 Å². The van der Waals surface area contributed by atoms with E-state index in [1.807, 2.05) is 35.2 Å². The molecule has 0 atom stereocenters. The van der Waals surface area contributed by atoms with Crippen LogP contribution in [0.1, 0.15) is 30.3 Å². The summed E-state index contributed by atoms with van der Waals surface area (Å²) in [5.41, 5.74) is 0.384. The summed E-state index contributed by atoms with van der Waals surface area (Å²) in [7, 11) is 0. The van der Waals surface area contributed by atoms with E-state index in [0.717, 1.165) is 30.2 Å². The summed E-state index contributed by atoms with van der Waals surface area (Å²) in [4.78, 5) is 19.3. The number of pyridine rings is 1. The number of amides is 1. The number of hydrogen-bond acceptors (Lipinski definition) is 4. The van der Waals surface area contributed by atoms with E-state index in [9.17, 15) is 4.79 Å². The molecule has 0 aliphatic carbocycles. The first-order valence-electron chi connectivity index (χ1n) is 8.16. The van der Waals surface area contributed by atoms with Gasteiger partial charge in [-0.2, -0.15) is 0 Å². The van der Waals surface area contributed by atoms with Crippen LogP contribution in [0.25, 0.3) is 10.8 Å². The van der Waals surface area contributed by atoms with Crippen LogP contribution in [0, 0.1) is 0 Å². The summed E-state index contributed by atoms with van der Waals surface area (Å²) < 4.78 is 11.1. The lowest BCUT2D eigenvalue weighted by atomic mass is 9.82. The van der Waals surface area contributed by atoms with E-state index in [2.05, 4.69) is 11.9 Å². The highest BCUT2D eigenvalue weighted by Gasteiger charge is 2.53. The number of fused-ring (bicyclic) bond motifs is 1. The van der Waals surface area contributed by atoms with Crippen LogP contribution in [0.2, 0.25) is 0 Å². The minimum Gasteiger partial charge on any atom is -0.477 e. The van der Waals surface area contributed by atoms with Crippen molar-refractivity contribution < 1.29 is 14.3 Å². The predicted molar refractivity (Wildman–Crippen MR) is 86.7 cm³/mol. The molecule has 1 aromatic carbocycles. The van der Waals surface area contributed by atoms with Gasteiger partial charge in [-0.15, -0.1) is 0 Å². The summed E-state index contributed by atoms with van der Waals surface area (Å²) in [6.07, 6.45) is 1.92. The van der Waals surface area contributed by atoms with Gasteiger partial charge in [0.25, 0.3) is 5.91 Å². The normalized spacial score (nSPS) is 18.6. The predicted octanol–water partition coefficient (Wildman–Crippen LogP) is 2.64. The van der Waals surface area contributed by atoms with Crippen LogP contribution in [0.3, 0.4) is 0 Å². The summed E-state index contributed by atoms with van der Waals surface area (Å²) in [5, 5.41) is 1.93. The number of carbonyl (C=O) groups excluding carboxylic acids is 1. The Morgan fingerprint density at radius 2 is 2.22 bits per heavy atom. The first kappa shape index (κ1) is 14.5. The van der Waals surface area contributed by atoms with Gasteiger partial charge >= 0.3 is 0 Å². The molecule has 4 rings (SSSR count). The minimum absolute atomic E-state index is 0.0216. The van der Waals surface area contributed by atoms with Crippen LogP contribution in [0.4, 0.5) is 0 Å². The van der Waals surface area contributed by atoms with Crippen molar-refractivity contribution >= 4 is 16.7 Å². The molecule has 2 saturated heterocycles. The van der Waals surface area contributed by atoms with Crippen molar-refractivity contribution in [1.29, 1.82) is 0 Å². The molecule has 3 heterocycles. The molecule has 0 bridgehead atoms. The summed E-state index contributed by atoms with van der Waals surface area (Å²) in [6, 6.07) is 9.75. The van der Waals surface area contributed by atoms with Crippen molar-refractivity contribution in [3.05, 3.63) is 36.0 Å². The van der Waals surface area contributed by atoms with Crippen molar-refractivity contribution in [2.45, 2.75) is 25.3 Å². The molecule has 0 saturated carbocycles. The van der Waals surface area contributed by atoms with Gasteiger partial charge in [0.05, 0.1) is 25.4 Å². The molecular weight excluding hydrogens is 292 g/mol. The second-order valence-corrected chi connectivity index (χ2v) is 6.31. The highest BCUT2D eigenvalue weighted by molar-refractivity contribution is 5.99. The average Bonchev–Trinajstić information content (AvgIpc) is 2.49. The maximum Gasteiger partial charge on any atom is 0.273 e. The molecule has 0 unspecified atom stereocenters. The van der Waals surface area contributed by atoms with E-state index in [1.165, 1.54) is 0 Å². The zero-order valence-corrected chi connectivity index (χ0v) is 13.2. The second-order valence-electron chi connectivity index (χ2n) is 6.31. The van der Waals surface area contributed by atoms with Gasteiger partial charge in [-0.25, -0.2) is 4.98 Å². The molecule has 1 amide bonds. The number of benzene rings is 1. The Morgan fingerprint density at radius 1 is 1.39 bits per heavy atom. The molecule has 1 spiro atoms. The minimum atomic E-state index is -0.0746. The lowest BCUT2D eigenvalue weighted by molar-refractivity contribution is -0.172. The molecule has 2 aliphatic heterocycles. The van der Waals surface area contributed by atoms with E-state index < -0.39 is 0 Å². The zero-order valence-electron chi connectivity index (χ0n) is 13.2. The third kappa shape index (κ3) is 2.27. The Labute approximate surface area is 135 Å². The summed E-state index contributed by atoms with van der Waals surface area (Å²) >= 11 is 0. The molecular formula is C18H20N2O3. The van der Waals surface area contributed by atoms with Crippen LogP contribution in [0.5, 0.6) is 5.88 Å². The molecule has 23 heavy (non-hydrogen) atoms. The number of likely N-dealkylation sites (tertiary alicyclic amines) is 1. The third-order valence-corrected chi connectivity index (χ3v) is 4.73. The quantitative estimate of drug-likeness (QED) is 0.871. The number of nitrogens with zero attached hydrogens (tertiary/aromatic N) is 2. The van der Waals surface area contributed by atoms with E-state index in [0.29, 0.717) is 31.4 Å². The fourth-order valence-electron chi connectivity index (χ4n) is 3.22. The Kier molecular flexibility index (Phi) is 3.45. The lowest BCUT2D eigenvalue weighted by Crippen LogP contribution is -2.72. The molecule has 0 radical (unpaired) electrons. The maximum absolute atomic E-state index is 12.9.